The van der Waals surface area contributed by atoms with E-state index in [-0.39, 0.29) is 17.6 Å². The van der Waals surface area contributed by atoms with E-state index in [9.17, 15) is 14.0 Å². The van der Waals surface area contributed by atoms with E-state index in [1.165, 1.54) is 16.9 Å². The largest absolute Gasteiger partial charge is 0.364 e. The van der Waals surface area contributed by atoms with Gasteiger partial charge in [0.05, 0.1) is 6.04 Å². The summed E-state index contributed by atoms with van der Waals surface area (Å²) in [6.45, 7) is 5.77. The molecule has 0 bridgehead atoms. The first kappa shape index (κ1) is 26.8. The lowest BCUT2D eigenvalue weighted by Gasteiger charge is -2.35. The highest BCUT2D eigenvalue weighted by atomic mass is 19.1. The van der Waals surface area contributed by atoms with Gasteiger partial charge in [0.1, 0.15) is 23.2 Å². The number of carbonyl (C=O) groups excluding carboxylic acids is 2. The molecule has 9 nitrogen and oxygen atoms in total. The van der Waals surface area contributed by atoms with Crippen molar-refractivity contribution in [3.8, 4) is 11.3 Å². The Kier molecular flexibility index (Phi) is 7.70. The summed E-state index contributed by atoms with van der Waals surface area (Å²) < 4.78 is 14.7. The Morgan fingerprint density at radius 1 is 1.05 bits per heavy atom. The molecule has 0 radical (unpaired) electrons. The molecule has 1 aliphatic heterocycles. The van der Waals surface area contributed by atoms with Crippen molar-refractivity contribution in [2.24, 2.45) is 5.73 Å². The maximum atomic E-state index is 13.4. The quantitative estimate of drug-likeness (QED) is 0.285. The van der Waals surface area contributed by atoms with Crippen LogP contribution < -0.4 is 16.9 Å². The summed E-state index contributed by atoms with van der Waals surface area (Å²) in [6.07, 6.45) is 4.12. The van der Waals surface area contributed by atoms with Crippen LogP contribution in [0.2, 0.25) is 0 Å². The Labute approximate surface area is 231 Å². The number of primary amides is 1. The van der Waals surface area contributed by atoms with Crippen LogP contribution in [0.5, 0.6) is 0 Å². The lowest BCUT2D eigenvalue weighted by molar-refractivity contribution is 0.0990. The molecule has 0 unspecified atom stereocenters. The monoisotopic (exact) mass is 539 g/mol. The number of imidazole rings is 1. The summed E-state index contributed by atoms with van der Waals surface area (Å²) in [4.78, 5) is 36.2. The third-order valence-corrected chi connectivity index (χ3v) is 7.04. The van der Waals surface area contributed by atoms with Gasteiger partial charge in [-0.15, -0.1) is 0 Å². The van der Waals surface area contributed by atoms with Crippen molar-refractivity contribution in [1.82, 2.24) is 19.5 Å². The van der Waals surface area contributed by atoms with E-state index in [0.717, 1.165) is 43.0 Å². The number of aromatic nitrogens is 3. The number of nitrogen functional groups attached to an aromatic ring is 1. The van der Waals surface area contributed by atoms with Gasteiger partial charge in [-0.2, -0.15) is 0 Å². The van der Waals surface area contributed by atoms with E-state index in [0.29, 0.717) is 29.2 Å². The van der Waals surface area contributed by atoms with Crippen molar-refractivity contribution in [2.45, 2.75) is 25.3 Å². The summed E-state index contributed by atoms with van der Waals surface area (Å²) in [7, 11) is 0. The zero-order valence-electron chi connectivity index (χ0n) is 21.9. The number of piperidine rings is 1. The fourth-order valence-electron chi connectivity index (χ4n) is 5.05. The van der Waals surface area contributed by atoms with Crippen LogP contribution in [-0.2, 0) is 0 Å². The molecule has 2 aromatic carbocycles. The summed E-state index contributed by atoms with van der Waals surface area (Å²) >= 11 is 0. The van der Waals surface area contributed by atoms with Crippen LogP contribution in [0.15, 0.2) is 79.5 Å². The van der Waals surface area contributed by atoms with Crippen LogP contribution in [0.25, 0.3) is 16.8 Å². The summed E-state index contributed by atoms with van der Waals surface area (Å²) in [5.41, 5.74) is 9.14. The van der Waals surface area contributed by atoms with Gasteiger partial charge in [0.25, 0.3) is 11.8 Å². The highest BCUT2D eigenvalue weighted by Gasteiger charge is 2.32. The van der Waals surface area contributed by atoms with E-state index in [1.54, 1.807) is 24.3 Å². The van der Waals surface area contributed by atoms with Crippen LogP contribution in [-0.4, -0.2) is 44.4 Å². The van der Waals surface area contributed by atoms with E-state index >= 15 is 0 Å². The van der Waals surface area contributed by atoms with Gasteiger partial charge in [-0.25, -0.2) is 19.0 Å². The van der Waals surface area contributed by atoms with E-state index < -0.39 is 17.6 Å². The number of carbonyl (C=O) groups is 2. The number of likely N-dealkylation sites (tertiary alicyclic amines) is 1. The van der Waals surface area contributed by atoms with Crippen molar-refractivity contribution in [3.63, 3.8) is 0 Å². The minimum Gasteiger partial charge on any atom is -0.364 e. The normalized spacial score (nSPS) is 15.5. The predicted octanol–water partition coefficient (Wildman–Crippen LogP) is 4.39. The first-order chi connectivity index (χ1) is 19.3. The maximum Gasteiger partial charge on any atom is 0.269 e. The van der Waals surface area contributed by atoms with Crippen LogP contribution in [0.3, 0.4) is 0 Å². The molecule has 40 heavy (non-hydrogen) atoms. The summed E-state index contributed by atoms with van der Waals surface area (Å²) in [6, 6.07) is 18.7. The first-order valence-electron chi connectivity index (χ1n) is 13.0. The molecule has 1 atom stereocenters. The minimum atomic E-state index is -0.702. The third kappa shape index (κ3) is 5.62. The van der Waals surface area contributed by atoms with Gasteiger partial charge in [0, 0.05) is 29.9 Å². The molecule has 0 spiro atoms. The van der Waals surface area contributed by atoms with Gasteiger partial charge in [-0.3, -0.25) is 14.5 Å². The molecule has 2 amide bonds. The Bertz CT molecular complexity index is 1550. The summed E-state index contributed by atoms with van der Waals surface area (Å²) in [5.74, 6) is 5.44. The van der Waals surface area contributed by atoms with Crippen LogP contribution in [0, 0.1) is 5.82 Å². The topological polar surface area (TPSA) is 132 Å². The number of nitrogens with zero attached hydrogens (tertiary/aromatic N) is 4. The molecule has 5 rings (SSSR count). The molecule has 4 aromatic rings. The number of anilines is 1. The number of benzene rings is 2. The molecule has 1 aliphatic rings. The van der Waals surface area contributed by atoms with Crippen molar-refractivity contribution in [1.29, 1.82) is 0 Å². The number of hydrogen-bond acceptors (Lipinski definition) is 6. The van der Waals surface area contributed by atoms with Gasteiger partial charge in [0.2, 0.25) is 0 Å². The zero-order valence-corrected chi connectivity index (χ0v) is 21.9. The van der Waals surface area contributed by atoms with Gasteiger partial charge >= 0.3 is 0 Å². The highest BCUT2D eigenvalue weighted by Crippen LogP contribution is 2.34. The molecule has 1 fully saturated rings. The second-order valence-electron chi connectivity index (χ2n) is 9.74. The number of amides is 2. The molecule has 0 aliphatic carbocycles. The van der Waals surface area contributed by atoms with Gasteiger partial charge in [-0.1, -0.05) is 55.5 Å². The third-order valence-electron chi connectivity index (χ3n) is 7.04. The second kappa shape index (κ2) is 11.5. The van der Waals surface area contributed by atoms with Crippen molar-refractivity contribution in [2.75, 3.05) is 24.2 Å². The van der Waals surface area contributed by atoms with E-state index in [4.69, 9.17) is 16.6 Å². The van der Waals surface area contributed by atoms with Crippen LogP contribution in [0.1, 0.15) is 57.5 Å². The number of hydrogen-bond donors (Lipinski definition) is 3. The molecule has 204 valence electrons. The smallest absolute Gasteiger partial charge is 0.269 e. The second-order valence-corrected chi connectivity index (χ2v) is 9.74. The van der Waals surface area contributed by atoms with Crippen molar-refractivity contribution >= 4 is 23.2 Å². The molecule has 1 saturated heterocycles. The number of rotatable bonds is 8. The molecule has 3 heterocycles. The van der Waals surface area contributed by atoms with E-state index in [2.05, 4.69) is 21.8 Å². The molecular formula is C30H30FN7O2. The standard InChI is InChI=1S/C30H30FN7O2/c1-19(20-7-3-2-4-8-20)18-37-16-6-5-9-24(37)29-36-26(27(28(32)39)38(29)33)21-10-12-22(13-11-21)30(40)35-25-17-23(31)14-15-34-25/h2-4,7-8,10-15,17,24H,1,5-6,9,16,18,33H2,(H2,32,39)(H,34,35,40)/t24-/m0/s1. The average Bonchev–Trinajstić information content (AvgIpc) is 3.31. The fourth-order valence-corrected chi connectivity index (χ4v) is 5.05. The minimum absolute atomic E-state index is 0.0866. The average molecular weight is 540 g/mol. The fraction of sp³-hybridized carbons (Fsp3) is 0.200. The lowest BCUT2D eigenvalue weighted by Crippen LogP contribution is -2.37. The van der Waals surface area contributed by atoms with Crippen LogP contribution in [0.4, 0.5) is 10.2 Å². The Hall–Kier alpha value is -4.83. The lowest BCUT2D eigenvalue weighted by atomic mass is 9.99. The molecule has 10 heteroatoms. The molecule has 5 N–H and O–H groups in total. The maximum absolute atomic E-state index is 13.4. The number of pyridine rings is 1. The van der Waals surface area contributed by atoms with Gasteiger partial charge in [0.15, 0.2) is 5.69 Å². The molecule has 0 saturated carbocycles. The molecule has 2 aromatic heterocycles. The molecular weight excluding hydrogens is 509 g/mol. The first-order valence-corrected chi connectivity index (χ1v) is 13.0. The zero-order chi connectivity index (χ0) is 28.2. The number of halogens is 1. The highest BCUT2D eigenvalue weighted by molar-refractivity contribution is 6.04. The SMILES string of the molecule is C=C(CN1CCCC[C@H]1c1nc(-c2ccc(C(=O)Nc3cc(F)ccn3)cc2)c(C(N)=O)n1N)c1ccccc1. The predicted molar refractivity (Wildman–Crippen MR) is 152 cm³/mol. The number of nitrogens with two attached hydrogens (primary N) is 2. The van der Waals surface area contributed by atoms with Crippen molar-refractivity contribution in [3.05, 3.63) is 108 Å². The Balaban J connectivity index is 1.41. The number of nitrogens with one attached hydrogen (secondary N) is 1. The summed E-state index contributed by atoms with van der Waals surface area (Å²) in [5, 5.41) is 2.56. The Morgan fingerprint density at radius 3 is 2.50 bits per heavy atom. The van der Waals surface area contributed by atoms with Crippen LogP contribution >= 0.6 is 0 Å². The van der Waals surface area contributed by atoms with Gasteiger partial charge < -0.3 is 16.9 Å². The van der Waals surface area contributed by atoms with E-state index in [1.807, 2.05) is 30.3 Å². The Morgan fingerprint density at radius 2 is 1.80 bits per heavy atom. The van der Waals surface area contributed by atoms with Gasteiger partial charge in [-0.05, 0) is 48.7 Å². The van der Waals surface area contributed by atoms with Crippen molar-refractivity contribution < 1.29 is 14.0 Å².